The molecule has 0 unspecified atom stereocenters. The van der Waals surface area contributed by atoms with Crippen LogP contribution in [0, 0.1) is 5.92 Å². The molecule has 0 aromatic heterocycles. The van der Waals surface area contributed by atoms with E-state index in [4.69, 9.17) is 4.74 Å². The molecule has 0 aromatic rings. The first-order valence-corrected chi connectivity index (χ1v) is 9.22. The molecule has 0 radical (unpaired) electrons. The van der Waals surface area contributed by atoms with Crippen molar-refractivity contribution in [2.24, 2.45) is 5.92 Å². The SMILES string of the molecule is C=CC(C(=O)NC1CCOCC1)=C(CO)N(C)CC1CCCCC1. The van der Waals surface area contributed by atoms with Crippen molar-refractivity contribution in [3.8, 4) is 0 Å². The van der Waals surface area contributed by atoms with Crippen LogP contribution in [0.2, 0.25) is 0 Å². The summed E-state index contributed by atoms with van der Waals surface area (Å²) in [6.07, 6.45) is 9.61. The van der Waals surface area contributed by atoms with Crippen LogP contribution in [0.5, 0.6) is 0 Å². The van der Waals surface area contributed by atoms with E-state index in [1.54, 1.807) is 6.08 Å². The van der Waals surface area contributed by atoms with Gasteiger partial charge < -0.3 is 20.1 Å². The van der Waals surface area contributed by atoms with Gasteiger partial charge in [0.05, 0.1) is 17.9 Å². The fourth-order valence-electron chi connectivity index (χ4n) is 3.73. The van der Waals surface area contributed by atoms with Gasteiger partial charge in [0.1, 0.15) is 0 Å². The van der Waals surface area contributed by atoms with Crippen LogP contribution in [0.1, 0.15) is 44.9 Å². The molecule has 0 spiro atoms. The fourth-order valence-corrected chi connectivity index (χ4v) is 3.73. The third kappa shape index (κ3) is 5.35. The number of carbonyl (C=O) groups is 1. The number of rotatable bonds is 7. The highest BCUT2D eigenvalue weighted by atomic mass is 16.5. The molecule has 1 heterocycles. The van der Waals surface area contributed by atoms with Crippen molar-refractivity contribution in [3.05, 3.63) is 23.9 Å². The minimum Gasteiger partial charge on any atom is -0.390 e. The lowest BCUT2D eigenvalue weighted by Crippen LogP contribution is -2.40. The topological polar surface area (TPSA) is 61.8 Å². The van der Waals surface area contributed by atoms with Gasteiger partial charge in [-0.3, -0.25) is 4.79 Å². The Morgan fingerprint density at radius 1 is 1.25 bits per heavy atom. The zero-order chi connectivity index (χ0) is 17.4. The first-order chi connectivity index (χ1) is 11.7. The van der Waals surface area contributed by atoms with Crippen molar-refractivity contribution in [3.63, 3.8) is 0 Å². The fraction of sp³-hybridized carbons (Fsp3) is 0.737. The zero-order valence-electron chi connectivity index (χ0n) is 14.9. The molecule has 0 bridgehead atoms. The highest BCUT2D eigenvalue weighted by molar-refractivity contribution is 5.97. The lowest BCUT2D eigenvalue weighted by molar-refractivity contribution is -0.118. The van der Waals surface area contributed by atoms with Crippen LogP contribution >= 0.6 is 0 Å². The molecule has 1 aliphatic heterocycles. The second-order valence-electron chi connectivity index (χ2n) is 6.97. The minimum atomic E-state index is -0.147. The van der Waals surface area contributed by atoms with Crippen molar-refractivity contribution in [1.82, 2.24) is 10.2 Å². The molecule has 2 N–H and O–H groups in total. The summed E-state index contributed by atoms with van der Waals surface area (Å²) in [5.74, 6) is 0.506. The first kappa shape index (κ1) is 19.0. The van der Waals surface area contributed by atoms with E-state index >= 15 is 0 Å². The molecule has 1 saturated heterocycles. The van der Waals surface area contributed by atoms with E-state index < -0.39 is 0 Å². The van der Waals surface area contributed by atoms with E-state index in [0.29, 0.717) is 30.4 Å². The molecule has 1 amide bonds. The largest absolute Gasteiger partial charge is 0.390 e. The lowest BCUT2D eigenvalue weighted by atomic mass is 9.89. The van der Waals surface area contributed by atoms with Gasteiger partial charge in [0.2, 0.25) is 0 Å². The number of aliphatic hydroxyl groups is 1. The summed E-state index contributed by atoms with van der Waals surface area (Å²) in [7, 11) is 1.96. The normalized spacial score (nSPS) is 21.1. The van der Waals surface area contributed by atoms with Gasteiger partial charge in [0.15, 0.2) is 0 Å². The van der Waals surface area contributed by atoms with Gasteiger partial charge in [-0.1, -0.05) is 31.9 Å². The van der Waals surface area contributed by atoms with Crippen LogP contribution in [0.15, 0.2) is 23.9 Å². The molecule has 0 aromatic carbocycles. The Hall–Kier alpha value is -1.33. The molecular weight excluding hydrogens is 304 g/mol. The van der Waals surface area contributed by atoms with Gasteiger partial charge in [-0.05, 0) is 31.6 Å². The summed E-state index contributed by atoms with van der Waals surface area (Å²) in [6.45, 7) is 5.91. The van der Waals surface area contributed by atoms with Crippen LogP contribution in [-0.4, -0.2) is 55.4 Å². The van der Waals surface area contributed by atoms with E-state index in [1.807, 2.05) is 11.9 Å². The van der Waals surface area contributed by atoms with Gasteiger partial charge >= 0.3 is 0 Å². The van der Waals surface area contributed by atoms with E-state index in [2.05, 4.69) is 11.9 Å². The van der Waals surface area contributed by atoms with E-state index in [1.165, 1.54) is 32.1 Å². The highest BCUT2D eigenvalue weighted by Gasteiger charge is 2.22. The van der Waals surface area contributed by atoms with Gasteiger partial charge in [-0.2, -0.15) is 0 Å². The van der Waals surface area contributed by atoms with Gasteiger partial charge in [-0.15, -0.1) is 0 Å². The van der Waals surface area contributed by atoms with Gasteiger partial charge in [-0.25, -0.2) is 0 Å². The molecule has 1 saturated carbocycles. The van der Waals surface area contributed by atoms with Crippen LogP contribution in [0.25, 0.3) is 0 Å². The number of nitrogens with zero attached hydrogens (tertiary/aromatic N) is 1. The summed E-state index contributed by atoms with van der Waals surface area (Å²) in [5.41, 5.74) is 1.16. The number of nitrogens with one attached hydrogen (secondary N) is 1. The molecule has 5 nitrogen and oxygen atoms in total. The molecule has 1 aliphatic carbocycles. The molecular formula is C19H32N2O3. The summed E-state index contributed by atoms with van der Waals surface area (Å²) in [5, 5.41) is 12.9. The average molecular weight is 336 g/mol. The van der Waals surface area contributed by atoms with E-state index in [0.717, 1.165) is 19.4 Å². The number of carbonyl (C=O) groups excluding carboxylic acids is 1. The third-order valence-corrected chi connectivity index (χ3v) is 5.18. The number of hydrogen-bond acceptors (Lipinski definition) is 4. The maximum Gasteiger partial charge on any atom is 0.253 e. The number of likely N-dealkylation sites (N-methyl/N-ethyl adjacent to an activating group) is 1. The van der Waals surface area contributed by atoms with Crippen LogP contribution in [0.3, 0.4) is 0 Å². The quantitative estimate of drug-likeness (QED) is 0.553. The molecule has 136 valence electrons. The van der Waals surface area contributed by atoms with Crippen molar-refractivity contribution >= 4 is 5.91 Å². The molecule has 5 heteroatoms. The Kier molecular flexibility index (Phi) is 7.79. The Bertz CT molecular complexity index is 450. The van der Waals surface area contributed by atoms with Crippen molar-refractivity contribution in [1.29, 1.82) is 0 Å². The zero-order valence-corrected chi connectivity index (χ0v) is 14.9. The monoisotopic (exact) mass is 336 g/mol. The van der Waals surface area contributed by atoms with Crippen molar-refractivity contribution in [2.45, 2.75) is 51.0 Å². The first-order valence-electron chi connectivity index (χ1n) is 9.22. The number of hydrogen-bond donors (Lipinski definition) is 2. The number of amides is 1. The van der Waals surface area contributed by atoms with E-state index in [-0.39, 0.29) is 18.6 Å². The maximum atomic E-state index is 12.6. The Labute approximate surface area is 145 Å². The molecule has 0 atom stereocenters. The predicted molar refractivity (Wildman–Crippen MR) is 95.5 cm³/mol. The number of aliphatic hydroxyl groups excluding tert-OH is 1. The minimum absolute atomic E-state index is 0.142. The van der Waals surface area contributed by atoms with Crippen LogP contribution < -0.4 is 5.32 Å². The van der Waals surface area contributed by atoms with Crippen molar-refractivity contribution < 1.29 is 14.6 Å². The van der Waals surface area contributed by atoms with Gasteiger partial charge in [0, 0.05) is 32.8 Å². The lowest BCUT2D eigenvalue weighted by Gasteiger charge is -2.31. The summed E-state index contributed by atoms with van der Waals surface area (Å²) in [6, 6.07) is 0.143. The highest BCUT2D eigenvalue weighted by Crippen LogP contribution is 2.25. The molecule has 2 aliphatic rings. The standard InChI is InChI=1S/C19H32N2O3/c1-3-17(19(23)20-16-9-11-24-12-10-16)18(14-22)21(2)13-15-7-5-4-6-8-15/h3,15-16,22H,1,4-14H2,2H3,(H,20,23). The smallest absolute Gasteiger partial charge is 0.253 e. The predicted octanol–water partition coefficient (Wildman–Crippen LogP) is 2.23. The second kappa shape index (κ2) is 9.84. The summed E-state index contributed by atoms with van der Waals surface area (Å²) < 4.78 is 5.33. The van der Waals surface area contributed by atoms with Crippen LogP contribution in [-0.2, 0) is 9.53 Å². The molecule has 2 fully saturated rings. The van der Waals surface area contributed by atoms with Crippen LogP contribution in [0.4, 0.5) is 0 Å². The number of ether oxygens (including phenoxy) is 1. The molecule has 2 rings (SSSR count). The Morgan fingerprint density at radius 2 is 1.92 bits per heavy atom. The Balaban J connectivity index is 2.02. The molecule has 24 heavy (non-hydrogen) atoms. The van der Waals surface area contributed by atoms with Crippen molar-refractivity contribution in [2.75, 3.05) is 33.4 Å². The second-order valence-corrected chi connectivity index (χ2v) is 6.97. The van der Waals surface area contributed by atoms with E-state index in [9.17, 15) is 9.90 Å². The summed E-state index contributed by atoms with van der Waals surface area (Å²) >= 11 is 0. The maximum absolute atomic E-state index is 12.6. The summed E-state index contributed by atoms with van der Waals surface area (Å²) in [4.78, 5) is 14.7. The van der Waals surface area contributed by atoms with Gasteiger partial charge in [0.25, 0.3) is 5.91 Å². The third-order valence-electron chi connectivity index (χ3n) is 5.18. The Morgan fingerprint density at radius 3 is 2.50 bits per heavy atom. The average Bonchev–Trinajstić information content (AvgIpc) is 2.61.